The topological polar surface area (TPSA) is 67.6 Å². The number of nitrogens with zero attached hydrogens (tertiary/aromatic N) is 1. The Kier molecular flexibility index (Phi) is 9.36. The zero-order chi connectivity index (χ0) is 12.7. The van der Waals surface area contributed by atoms with E-state index in [4.69, 9.17) is 10.5 Å². The molecule has 108 valence electrons. The molecule has 3 N–H and O–H groups in total. The maximum absolute atomic E-state index is 11.7. The molecule has 2 atom stereocenters. The molecule has 1 amide bonds. The third kappa shape index (κ3) is 6.00. The van der Waals surface area contributed by atoms with Crippen LogP contribution in [0, 0.1) is 5.92 Å². The zero-order valence-corrected chi connectivity index (χ0v) is 12.2. The van der Waals surface area contributed by atoms with Crippen molar-refractivity contribution in [1.82, 2.24) is 10.2 Å². The Morgan fingerprint density at radius 2 is 2.06 bits per heavy atom. The standard InChI is InChI=1S/C12H25N3O2.ClH/c1-3-10(2)11(13)12(16)14-4-5-15-6-8-17-9-7-15;/h10-11H,3-9,13H2,1-2H3,(H,14,16);1H/t10-,11-;/m0./s1. The first kappa shape index (κ1) is 17.6. The molecule has 0 aromatic carbocycles. The summed E-state index contributed by atoms with van der Waals surface area (Å²) in [7, 11) is 0. The van der Waals surface area contributed by atoms with Crippen LogP contribution in [-0.2, 0) is 9.53 Å². The second-order valence-corrected chi connectivity index (χ2v) is 4.66. The molecule has 0 aliphatic carbocycles. The third-order valence-electron chi connectivity index (χ3n) is 3.39. The van der Waals surface area contributed by atoms with Crippen LogP contribution in [0.3, 0.4) is 0 Å². The fourth-order valence-electron chi connectivity index (χ4n) is 1.79. The van der Waals surface area contributed by atoms with Crippen LogP contribution in [0.1, 0.15) is 20.3 Å². The van der Waals surface area contributed by atoms with Crippen molar-refractivity contribution in [3.63, 3.8) is 0 Å². The van der Waals surface area contributed by atoms with Gasteiger partial charge in [-0.25, -0.2) is 0 Å². The Morgan fingerprint density at radius 3 is 2.61 bits per heavy atom. The van der Waals surface area contributed by atoms with Gasteiger partial charge in [0.1, 0.15) is 0 Å². The van der Waals surface area contributed by atoms with Gasteiger partial charge < -0.3 is 15.8 Å². The minimum atomic E-state index is -0.385. The monoisotopic (exact) mass is 279 g/mol. The Balaban J connectivity index is 0.00000289. The van der Waals surface area contributed by atoms with Gasteiger partial charge in [0, 0.05) is 26.2 Å². The Morgan fingerprint density at radius 1 is 1.44 bits per heavy atom. The van der Waals surface area contributed by atoms with Gasteiger partial charge in [0.2, 0.25) is 5.91 Å². The molecule has 0 saturated carbocycles. The molecule has 0 spiro atoms. The molecule has 1 aliphatic heterocycles. The Bertz CT molecular complexity index is 235. The highest BCUT2D eigenvalue weighted by atomic mass is 35.5. The van der Waals surface area contributed by atoms with E-state index in [0.29, 0.717) is 6.54 Å². The van der Waals surface area contributed by atoms with Gasteiger partial charge in [-0.2, -0.15) is 0 Å². The van der Waals surface area contributed by atoms with Crippen molar-refractivity contribution in [3.8, 4) is 0 Å². The van der Waals surface area contributed by atoms with Crippen molar-refractivity contribution in [2.24, 2.45) is 11.7 Å². The van der Waals surface area contributed by atoms with E-state index in [9.17, 15) is 4.79 Å². The molecule has 0 unspecified atom stereocenters. The second-order valence-electron chi connectivity index (χ2n) is 4.66. The normalized spacial score (nSPS) is 19.7. The summed E-state index contributed by atoms with van der Waals surface area (Å²) in [4.78, 5) is 14.0. The van der Waals surface area contributed by atoms with Crippen LogP contribution in [0.5, 0.6) is 0 Å². The number of hydrogen-bond donors (Lipinski definition) is 2. The molecule has 0 aromatic heterocycles. The summed E-state index contributed by atoms with van der Waals surface area (Å²) in [6.07, 6.45) is 0.929. The van der Waals surface area contributed by atoms with E-state index >= 15 is 0 Å². The number of ether oxygens (including phenoxy) is 1. The number of halogens is 1. The number of nitrogens with two attached hydrogens (primary N) is 1. The molecule has 6 heteroatoms. The van der Waals surface area contributed by atoms with Gasteiger partial charge in [-0.05, 0) is 5.92 Å². The van der Waals surface area contributed by atoms with E-state index < -0.39 is 0 Å². The SMILES string of the molecule is CC[C@H](C)[C@H](N)C(=O)NCCN1CCOCC1.Cl. The molecule has 18 heavy (non-hydrogen) atoms. The molecular weight excluding hydrogens is 254 g/mol. The van der Waals surface area contributed by atoms with Crippen LogP contribution >= 0.6 is 12.4 Å². The highest BCUT2D eigenvalue weighted by Crippen LogP contribution is 2.04. The van der Waals surface area contributed by atoms with Crippen molar-refractivity contribution in [2.45, 2.75) is 26.3 Å². The molecule has 1 rings (SSSR count). The summed E-state index contributed by atoms with van der Waals surface area (Å²) in [5.41, 5.74) is 5.84. The molecule has 1 heterocycles. The highest BCUT2D eigenvalue weighted by molar-refractivity contribution is 5.85. The maximum Gasteiger partial charge on any atom is 0.237 e. The third-order valence-corrected chi connectivity index (χ3v) is 3.39. The summed E-state index contributed by atoms with van der Waals surface area (Å²) in [5.74, 6) is 0.200. The highest BCUT2D eigenvalue weighted by Gasteiger charge is 2.19. The molecule has 1 fully saturated rings. The van der Waals surface area contributed by atoms with Crippen molar-refractivity contribution in [1.29, 1.82) is 0 Å². The van der Waals surface area contributed by atoms with Crippen LogP contribution in [0.4, 0.5) is 0 Å². The summed E-state index contributed by atoms with van der Waals surface area (Å²) >= 11 is 0. The number of hydrogen-bond acceptors (Lipinski definition) is 4. The van der Waals surface area contributed by atoms with E-state index in [0.717, 1.165) is 39.3 Å². The molecule has 5 nitrogen and oxygen atoms in total. The fourth-order valence-corrected chi connectivity index (χ4v) is 1.79. The van der Waals surface area contributed by atoms with E-state index in [1.54, 1.807) is 0 Å². The smallest absolute Gasteiger partial charge is 0.237 e. The van der Waals surface area contributed by atoms with Crippen LogP contribution < -0.4 is 11.1 Å². The Labute approximate surface area is 116 Å². The quantitative estimate of drug-likeness (QED) is 0.730. The zero-order valence-electron chi connectivity index (χ0n) is 11.4. The minimum absolute atomic E-state index is 0. The summed E-state index contributed by atoms with van der Waals surface area (Å²) in [6, 6.07) is -0.385. The number of amides is 1. The van der Waals surface area contributed by atoms with Gasteiger partial charge in [0.05, 0.1) is 19.3 Å². The van der Waals surface area contributed by atoms with Gasteiger partial charge in [-0.1, -0.05) is 20.3 Å². The molecule has 0 aromatic rings. The molecule has 1 aliphatic rings. The largest absolute Gasteiger partial charge is 0.379 e. The lowest BCUT2D eigenvalue weighted by molar-refractivity contribution is -0.123. The predicted octanol–water partition coefficient (Wildman–Crippen LogP) is 0.230. The molecule has 0 radical (unpaired) electrons. The van der Waals surface area contributed by atoms with Crippen molar-refractivity contribution >= 4 is 18.3 Å². The van der Waals surface area contributed by atoms with Gasteiger partial charge in [0.15, 0.2) is 0 Å². The maximum atomic E-state index is 11.7. The van der Waals surface area contributed by atoms with Crippen molar-refractivity contribution < 1.29 is 9.53 Å². The first-order valence-electron chi connectivity index (χ1n) is 6.48. The average molecular weight is 280 g/mol. The van der Waals surface area contributed by atoms with Crippen LogP contribution in [-0.4, -0.2) is 56.2 Å². The van der Waals surface area contributed by atoms with Gasteiger partial charge >= 0.3 is 0 Å². The summed E-state index contributed by atoms with van der Waals surface area (Å²) in [5, 5.41) is 2.90. The number of rotatable bonds is 6. The lowest BCUT2D eigenvalue weighted by atomic mass is 9.99. The fraction of sp³-hybridized carbons (Fsp3) is 0.917. The molecule has 0 bridgehead atoms. The second kappa shape index (κ2) is 9.55. The lowest BCUT2D eigenvalue weighted by Gasteiger charge is -2.27. The first-order valence-corrected chi connectivity index (χ1v) is 6.48. The average Bonchev–Trinajstić information content (AvgIpc) is 2.38. The van der Waals surface area contributed by atoms with Crippen LogP contribution in [0.25, 0.3) is 0 Å². The van der Waals surface area contributed by atoms with E-state index in [-0.39, 0.29) is 30.3 Å². The van der Waals surface area contributed by atoms with Gasteiger partial charge in [-0.15, -0.1) is 12.4 Å². The molecular formula is C12H26ClN3O2. The van der Waals surface area contributed by atoms with Crippen LogP contribution in [0.2, 0.25) is 0 Å². The first-order chi connectivity index (χ1) is 8.15. The lowest BCUT2D eigenvalue weighted by Crippen LogP contribution is -2.47. The molecule has 1 saturated heterocycles. The van der Waals surface area contributed by atoms with Gasteiger partial charge in [-0.3, -0.25) is 9.69 Å². The number of morpholine rings is 1. The number of carbonyl (C=O) groups excluding carboxylic acids is 1. The van der Waals surface area contributed by atoms with E-state index in [2.05, 4.69) is 10.2 Å². The van der Waals surface area contributed by atoms with Crippen molar-refractivity contribution in [2.75, 3.05) is 39.4 Å². The Hall–Kier alpha value is -0.360. The van der Waals surface area contributed by atoms with Crippen molar-refractivity contribution in [3.05, 3.63) is 0 Å². The number of nitrogens with one attached hydrogen (secondary N) is 1. The summed E-state index contributed by atoms with van der Waals surface area (Å²) < 4.78 is 5.26. The van der Waals surface area contributed by atoms with E-state index in [1.165, 1.54) is 0 Å². The van der Waals surface area contributed by atoms with Crippen LogP contribution in [0.15, 0.2) is 0 Å². The summed E-state index contributed by atoms with van der Waals surface area (Å²) in [6.45, 7) is 9.09. The predicted molar refractivity (Wildman–Crippen MR) is 74.9 cm³/mol. The number of carbonyl (C=O) groups is 1. The van der Waals surface area contributed by atoms with E-state index in [1.807, 2.05) is 13.8 Å². The van der Waals surface area contributed by atoms with Gasteiger partial charge in [0.25, 0.3) is 0 Å². The minimum Gasteiger partial charge on any atom is -0.379 e.